The smallest absolute Gasteiger partial charge is 0.191 e. The highest BCUT2D eigenvalue weighted by atomic mass is 127. The molecule has 0 fully saturated rings. The van der Waals surface area contributed by atoms with Crippen molar-refractivity contribution in [3.63, 3.8) is 0 Å². The summed E-state index contributed by atoms with van der Waals surface area (Å²) in [6, 6.07) is 16.6. The number of para-hydroxylation sites is 2. The maximum atomic E-state index is 4.68. The third kappa shape index (κ3) is 6.53. The second-order valence-electron chi connectivity index (χ2n) is 6.42. The Kier molecular flexibility index (Phi) is 8.57. The van der Waals surface area contributed by atoms with Crippen LogP contribution in [0.25, 0.3) is 11.0 Å². The van der Waals surface area contributed by atoms with Crippen LogP contribution >= 0.6 is 24.0 Å². The van der Waals surface area contributed by atoms with Crippen LogP contribution in [0.2, 0.25) is 0 Å². The lowest BCUT2D eigenvalue weighted by atomic mass is 10.1. The zero-order chi connectivity index (χ0) is 18.2. The number of aryl methyl sites for hydroxylation is 2. The molecule has 0 aliphatic heterocycles. The summed E-state index contributed by atoms with van der Waals surface area (Å²) in [5, 5.41) is 6.71. The van der Waals surface area contributed by atoms with Gasteiger partial charge in [0.2, 0.25) is 0 Å². The molecule has 0 atom stereocenters. The number of hydrogen-bond acceptors (Lipinski definition) is 2. The molecule has 0 saturated carbocycles. The van der Waals surface area contributed by atoms with Crippen LogP contribution in [0, 0.1) is 6.92 Å². The standard InChI is InChI=1S/C21H27N5.HI/c1-3-22-21(24-15-17-9-6-8-16(2)14-17)23-13-7-12-20-25-18-10-4-5-11-19(18)26-20;/h4-6,8-11,14H,3,7,12-13,15H2,1-2H3,(H,25,26)(H2,22,23,24);1H. The summed E-state index contributed by atoms with van der Waals surface area (Å²) in [7, 11) is 0. The lowest BCUT2D eigenvalue weighted by Crippen LogP contribution is -2.37. The molecule has 0 unspecified atom stereocenters. The highest BCUT2D eigenvalue weighted by Crippen LogP contribution is 2.11. The van der Waals surface area contributed by atoms with Gasteiger partial charge in [0, 0.05) is 19.5 Å². The van der Waals surface area contributed by atoms with Gasteiger partial charge in [-0.05, 0) is 38.0 Å². The molecule has 0 bridgehead atoms. The minimum Gasteiger partial charge on any atom is -0.357 e. The maximum Gasteiger partial charge on any atom is 0.191 e. The first-order valence-corrected chi connectivity index (χ1v) is 9.26. The largest absolute Gasteiger partial charge is 0.357 e. The maximum absolute atomic E-state index is 4.68. The molecule has 144 valence electrons. The van der Waals surface area contributed by atoms with Crippen molar-refractivity contribution < 1.29 is 0 Å². The SMILES string of the molecule is CCNC(=NCc1cccc(C)c1)NCCCc1nc2ccccc2[nH]1.I. The van der Waals surface area contributed by atoms with E-state index < -0.39 is 0 Å². The van der Waals surface area contributed by atoms with E-state index in [9.17, 15) is 0 Å². The predicted molar refractivity (Wildman–Crippen MR) is 124 cm³/mol. The van der Waals surface area contributed by atoms with Crippen LogP contribution < -0.4 is 10.6 Å². The van der Waals surface area contributed by atoms with Crippen LogP contribution in [0.5, 0.6) is 0 Å². The van der Waals surface area contributed by atoms with E-state index in [-0.39, 0.29) is 24.0 Å². The number of benzene rings is 2. The van der Waals surface area contributed by atoms with Gasteiger partial charge in [0.1, 0.15) is 5.82 Å². The van der Waals surface area contributed by atoms with Gasteiger partial charge in [-0.15, -0.1) is 24.0 Å². The molecular formula is C21H28IN5. The van der Waals surface area contributed by atoms with Crippen LogP contribution in [-0.2, 0) is 13.0 Å². The lowest BCUT2D eigenvalue weighted by molar-refractivity contribution is 0.727. The van der Waals surface area contributed by atoms with E-state index >= 15 is 0 Å². The van der Waals surface area contributed by atoms with E-state index in [0.717, 1.165) is 48.7 Å². The number of aromatic amines is 1. The Morgan fingerprint density at radius 2 is 1.96 bits per heavy atom. The number of rotatable bonds is 7. The summed E-state index contributed by atoms with van der Waals surface area (Å²) >= 11 is 0. The first kappa shape index (κ1) is 21.2. The number of fused-ring (bicyclic) bond motifs is 1. The molecule has 0 aliphatic carbocycles. The van der Waals surface area contributed by atoms with Gasteiger partial charge in [0.15, 0.2) is 5.96 Å². The van der Waals surface area contributed by atoms with E-state index in [1.807, 2.05) is 18.2 Å². The number of halogens is 1. The number of aromatic nitrogens is 2. The van der Waals surface area contributed by atoms with E-state index in [1.165, 1.54) is 11.1 Å². The van der Waals surface area contributed by atoms with Crippen LogP contribution in [0.3, 0.4) is 0 Å². The van der Waals surface area contributed by atoms with Gasteiger partial charge in [-0.2, -0.15) is 0 Å². The molecule has 0 aliphatic rings. The molecule has 0 spiro atoms. The topological polar surface area (TPSA) is 65.1 Å². The normalized spacial score (nSPS) is 11.3. The monoisotopic (exact) mass is 477 g/mol. The Morgan fingerprint density at radius 1 is 1.11 bits per heavy atom. The first-order chi connectivity index (χ1) is 12.7. The fraction of sp³-hybridized carbons (Fsp3) is 0.333. The van der Waals surface area contributed by atoms with Gasteiger partial charge < -0.3 is 15.6 Å². The molecule has 5 nitrogen and oxygen atoms in total. The molecule has 27 heavy (non-hydrogen) atoms. The number of guanidine groups is 1. The number of nitrogens with zero attached hydrogens (tertiary/aromatic N) is 2. The van der Waals surface area contributed by atoms with Gasteiger partial charge in [0.05, 0.1) is 17.6 Å². The van der Waals surface area contributed by atoms with Gasteiger partial charge in [-0.1, -0.05) is 42.0 Å². The number of nitrogens with one attached hydrogen (secondary N) is 3. The van der Waals surface area contributed by atoms with Gasteiger partial charge in [-0.3, -0.25) is 0 Å². The summed E-state index contributed by atoms with van der Waals surface area (Å²) in [5.41, 5.74) is 4.62. The molecule has 0 amide bonds. The molecule has 2 aromatic carbocycles. The van der Waals surface area contributed by atoms with Crippen molar-refractivity contribution in [3.05, 3.63) is 65.5 Å². The molecule has 3 N–H and O–H groups in total. The molecule has 6 heteroatoms. The number of imidazole rings is 1. The van der Waals surface area contributed by atoms with E-state index in [4.69, 9.17) is 0 Å². The van der Waals surface area contributed by atoms with Crippen LogP contribution in [-0.4, -0.2) is 29.0 Å². The molecule has 1 heterocycles. The van der Waals surface area contributed by atoms with Crippen molar-refractivity contribution in [1.82, 2.24) is 20.6 Å². The second kappa shape index (κ2) is 10.9. The third-order valence-electron chi connectivity index (χ3n) is 4.17. The fourth-order valence-corrected chi connectivity index (χ4v) is 2.91. The Labute approximate surface area is 178 Å². The van der Waals surface area contributed by atoms with Crippen molar-refractivity contribution in [1.29, 1.82) is 0 Å². The average Bonchev–Trinajstić information content (AvgIpc) is 3.06. The average molecular weight is 477 g/mol. The third-order valence-corrected chi connectivity index (χ3v) is 4.17. The zero-order valence-corrected chi connectivity index (χ0v) is 18.3. The number of aliphatic imine (C=N–C) groups is 1. The van der Waals surface area contributed by atoms with Crippen LogP contribution in [0.15, 0.2) is 53.5 Å². The minimum atomic E-state index is 0. The predicted octanol–water partition coefficient (Wildman–Crippen LogP) is 4.18. The van der Waals surface area contributed by atoms with E-state index in [1.54, 1.807) is 0 Å². The van der Waals surface area contributed by atoms with Crippen LogP contribution in [0.4, 0.5) is 0 Å². The zero-order valence-electron chi connectivity index (χ0n) is 16.0. The highest BCUT2D eigenvalue weighted by molar-refractivity contribution is 14.0. The first-order valence-electron chi connectivity index (χ1n) is 9.26. The molecule has 0 saturated heterocycles. The fourth-order valence-electron chi connectivity index (χ4n) is 2.91. The van der Waals surface area contributed by atoms with E-state index in [0.29, 0.717) is 6.54 Å². The molecule has 3 aromatic rings. The second-order valence-corrected chi connectivity index (χ2v) is 6.42. The minimum absolute atomic E-state index is 0. The molecule has 1 aromatic heterocycles. The van der Waals surface area contributed by atoms with E-state index in [2.05, 4.69) is 69.8 Å². The van der Waals surface area contributed by atoms with Gasteiger partial charge in [0.25, 0.3) is 0 Å². The van der Waals surface area contributed by atoms with Crippen molar-refractivity contribution in [3.8, 4) is 0 Å². The molecular weight excluding hydrogens is 449 g/mol. The molecule has 3 rings (SSSR count). The highest BCUT2D eigenvalue weighted by Gasteiger charge is 2.02. The van der Waals surface area contributed by atoms with Crippen LogP contribution in [0.1, 0.15) is 30.3 Å². The summed E-state index contributed by atoms with van der Waals surface area (Å²) in [5.74, 6) is 1.90. The Hall–Kier alpha value is -2.09. The molecule has 0 radical (unpaired) electrons. The Morgan fingerprint density at radius 3 is 2.74 bits per heavy atom. The number of H-pyrrole nitrogens is 1. The Balaban J connectivity index is 0.00000261. The summed E-state index contributed by atoms with van der Waals surface area (Å²) < 4.78 is 0. The van der Waals surface area contributed by atoms with Crippen molar-refractivity contribution >= 4 is 41.0 Å². The summed E-state index contributed by atoms with van der Waals surface area (Å²) in [6.07, 6.45) is 1.91. The van der Waals surface area contributed by atoms with Crippen molar-refractivity contribution in [2.45, 2.75) is 33.2 Å². The van der Waals surface area contributed by atoms with Crippen molar-refractivity contribution in [2.24, 2.45) is 4.99 Å². The quantitative estimate of drug-likeness (QED) is 0.207. The summed E-state index contributed by atoms with van der Waals surface area (Å²) in [6.45, 7) is 6.58. The number of hydrogen-bond donors (Lipinski definition) is 3. The van der Waals surface area contributed by atoms with Gasteiger partial charge >= 0.3 is 0 Å². The Bertz CT molecular complexity index is 839. The lowest BCUT2D eigenvalue weighted by Gasteiger charge is -2.11. The van der Waals surface area contributed by atoms with Gasteiger partial charge in [-0.25, -0.2) is 9.98 Å². The van der Waals surface area contributed by atoms with Crippen molar-refractivity contribution in [2.75, 3.05) is 13.1 Å². The summed E-state index contributed by atoms with van der Waals surface area (Å²) in [4.78, 5) is 12.7.